The topological polar surface area (TPSA) is 65.4 Å². The van der Waals surface area contributed by atoms with Crippen LogP contribution in [0.15, 0.2) is 53.9 Å². The van der Waals surface area contributed by atoms with Gasteiger partial charge in [-0.1, -0.05) is 30.3 Å². The van der Waals surface area contributed by atoms with Gasteiger partial charge in [0.15, 0.2) is 11.5 Å². The molecule has 1 N–H and O–H groups in total. The van der Waals surface area contributed by atoms with Crippen LogP contribution in [-0.4, -0.2) is 36.2 Å². The number of aromatic nitrogens is 2. The van der Waals surface area contributed by atoms with E-state index in [1.54, 1.807) is 25.6 Å². The zero-order valence-corrected chi connectivity index (χ0v) is 18.0. The van der Waals surface area contributed by atoms with E-state index in [9.17, 15) is 4.79 Å². The zero-order chi connectivity index (χ0) is 21.1. The molecule has 7 heteroatoms. The molecule has 4 aromatic rings. The molecular weight excluding hydrogens is 398 g/mol. The summed E-state index contributed by atoms with van der Waals surface area (Å²) in [6.45, 7) is 0.523. The molecule has 0 saturated carbocycles. The number of rotatable bonds is 7. The zero-order valence-electron chi connectivity index (χ0n) is 17.1. The molecule has 0 aliphatic carbocycles. The lowest BCUT2D eigenvalue weighted by molar-refractivity contribution is 0.0946. The van der Waals surface area contributed by atoms with E-state index in [-0.39, 0.29) is 5.91 Å². The number of fused-ring (bicyclic) bond motifs is 1. The quantitative estimate of drug-likeness (QED) is 0.483. The molecule has 0 radical (unpaired) electrons. The number of hydrogen-bond acceptors (Lipinski definition) is 5. The van der Waals surface area contributed by atoms with Gasteiger partial charge in [0.25, 0.3) is 5.91 Å². The summed E-state index contributed by atoms with van der Waals surface area (Å²) >= 11 is 1.61. The van der Waals surface area contributed by atoms with Crippen LogP contribution < -0.4 is 14.8 Å². The fourth-order valence-corrected chi connectivity index (χ4v) is 4.23. The molecule has 0 aliphatic heterocycles. The lowest BCUT2D eigenvalue weighted by atomic mass is 10.2. The summed E-state index contributed by atoms with van der Waals surface area (Å²) in [5.41, 5.74) is 3.57. The van der Waals surface area contributed by atoms with Crippen LogP contribution in [-0.2, 0) is 13.5 Å². The van der Waals surface area contributed by atoms with Crippen molar-refractivity contribution in [3.05, 3.63) is 64.6 Å². The van der Waals surface area contributed by atoms with Crippen molar-refractivity contribution in [3.8, 4) is 22.8 Å². The molecule has 0 saturated heterocycles. The van der Waals surface area contributed by atoms with Gasteiger partial charge in [0.05, 0.1) is 30.4 Å². The van der Waals surface area contributed by atoms with Crippen LogP contribution in [0.1, 0.15) is 15.5 Å². The molecule has 0 aliphatic rings. The van der Waals surface area contributed by atoms with Gasteiger partial charge in [-0.3, -0.25) is 4.79 Å². The van der Waals surface area contributed by atoms with E-state index < -0.39 is 0 Å². The van der Waals surface area contributed by atoms with Crippen molar-refractivity contribution in [3.63, 3.8) is 0 Å². The second kappa shape index (κ2) is 8.59. The van der Waals surface area contributed by atoms with Crippen molar-refractivity contribution in [1.82, 2.24) is 14.9 Å². The Morgan fingerprint density at radius 3 is 2.57 bits per heavy atom. The molecule has 30 heavy (non-hydrogen) atoms. The Kier molecular flexibility index (Phi) is 5.72. The van der Waals surface area contributed by atoms with E-state index in [0.717, 1.165) is 27.2 Å². The number of benzene rings is 2. The van der Waals surface area contributed by atoms with Crippen molar-refractivity contribution in [1.29, 1.82) is 0 Å². The van der Waals surface area contributed by atoms with Crippen LogP contribution in [0.4, 0.5) is 0 Å². The molecule has 1 amide bonds. The third-order valence-electron chi connectivity index (χ3n) is 5.03. The number of nitrogens with one attached hydrogen (secondary N) is 1. The highest BCUT2D eigenvalue weighted by Gasteiger charge is 2.16. The second-order valence-electron chi connectivity index (χ2n) is 6.85. The first kappa shape index (κ1) is 20.0. The van der Waals surface area contributed by atoms with Crippen LogP contribution in [0, 0.1) is 0 Å². The highest BCUT2D eigenvalue weighted by atomic mass is 32.1. The summed E-state index contributed by atoms with van der Waals surface area (Å²) in [5, 5.41) is 6.98. The monoisotopic (exact) mass is 421 g/mol. The number of amides is 1. The summed E-state index contributed by atoms with van der Waals surface area (Å²) < 4.78 is 12.6. The summed E-state index contributed by atoms with van der Waals surface area (Å²) in [6.07, 6.45) is 0.689. The van der Waals surface area contributed by atoms with Crippen LogP contribution >= 0.6 is 11.3 Å². The predicted octanol–water partition coefficient (Wildman–Crippen LogP) is 4.29. The number of nitrogens with zero attached hydrogens (tertiary/aromatic N) is 2. The van der Waals surface area contributed by atoms with Gasteiger partial charge >= 0.3 is 0 Å². The van der Waals surface area contributed by atoms with E-state index in [1.165, 1.54) is 0 Å². The minimum Gasteiger partial charge on any atom is -0.493 e. The SMILES string of the molecule is COc1cc2cc(C(=O)NCCc3nc(-c4ccccc4)cs3)n(C)c2cc1OC. The number of aryl methyl sites for hydroxylation is 1. The van der Waals surface area contributed by atoms with Gasteiger partial charge < -0.3 is 19.4 Å². The van der Waals surface area contributed by atoms with E-state index in [1.807, 2.05) is 60.1 Å². The van der Waals surface area contributed by atoms with E-state index in [0.29, 0.717) is 30.2 Å². The third-order valence-corrected chi connectivity index (χ3v) is 5.93. The minimum absolute atomic E-state index is 0.119. The minimum atomic E-state index is -0.119. The maximum absolute atomic E-state index is 12.7. The molecule has 0 bridgehead atoms. The number of carbonyl (C=O) groups is 1. The van der Waals surface area contributed by atoms with Crippen LogP contribution in [0.25, 0.3) is 22.2 Å². The first-order valence-electron chi connectivity index (χ1n) is 9.60. The van der Waals surface area contributed by atoms with Crippen LogP contribution in [0.5, 0.6) is 11.5 Å². The first-order valence-corrected chi connectivity index (χ1v) is 10.5. The van der Waals surface area contributed by atoms with Gasteiger partial charge in [-0.2, -0.15) is 0 Å². The molecule has 6 nitrogen and oxygen atoms in total. The van der Waals surface area contributed by atoms with E-state index >= 15 is 0 Å². The van der Waals surface area contributed by atoms with Gasteiger partial charge in [-0.15, -0.1) is 11.3 Å². The molecule has 2 heterocycles. The Morgan fingerprint density at radius 1 is 1.10 bits per heavy atom. The summed E-state index contributed by atoms with van der Waals surface area (Å²) in [4.78, 5) is 17.4. The number of thiazole rings is 1. The maximum atomic E-state index is 12.7. The lowest BCUT2D eigenvalue weighted by Crippen LogP contribution is -2.27. The van der Waals surface area contributed by atoms with Gasteiger partial charge in [0.2, 0.25) is 0 Å². The molecule has 2 aromatic heterocycles. The molecule has 0 spiro atoms. The predicted molar refractivity (Wildman–Crippen MR) is 120 cm³/mol. The Morgan fingerprint density at radius 2 is 1.83 bits per heavy atom. The molecule has 0 fully saturated rings. The Bertz CT molecular complexity index is 1180. The van der Waals surface area contributed by atoms with Gasteiger partial charge in [0.1, 0.15) is 5.69 Å². The first-order chi connectivity index (χ1) is 14.6. The molecule has 2 aromatic carbocycles. The molecular formula is C23H23N3O3S. The van der Waals surface area contributed by atoms with Crippen molar-refractivity contribution in [2.75, 3.05) is 20.8 Å². The summed E-state index contributed by atoms with van der Waals surface area (Å²) in [6, 6.07) is 15.7. The molecule has 0 unspecified atom stereocenters. The van der Waals surface area contributed by atoms with Gasteiger partial charge in [-0.25, -0.2) is 4.98 Å². The highest BCUT2D eigenvalue weighted by Crippen LogP contribution is 2.33. The average Bonchev–Trinajstić information content (AvgIpc) is 3.38. The second-order valence-corrected chi connectivity index (χ2v) is 7.80. The van der Waals surface area contributed by atoms with E-state index in [2.05, 4.69) is 15.7 Å². The normalized spacial score (nSPS) is 10.9. The van der Waals surface area contributed by atoms with Crippen LogP contribution in [0.2, 0.25) is 0 Å². The number of carbonyl (C=O) groups excluding carboxylic acids is 1. The highest BCUT2D eigenvalue weighted by molar-refractivity contribution is 7.09. The maximum Gasteiger partial charge on any atom is 0.267 e. The largest absolute Gasteiger partial charge is 0.493 e. The Balaban J connectivity index is 1.44. The van der Waals surface area contributed by atoms with Gasteiger partial charge in [-0.05, 0) is 12.1 Å². The van der Waals surface area contributed by atoms with Crippen molar-refractivity contribution < 1.29 is 14.3 Å². The van der Waals surface area contributed by atoms with Crippen LogP contribution in [0.3, 0.4) is 0 Å². The summed E-state index contributed by atoms with van der Waals surface area (Å²) in [7, 11) is 5.07. The van der Waals surface area contributed by atoms with E-state index in [4.69, 9.17) is 9.47 Å². The Labute approximate surface area is 179 Å². The standard InChI is InChI=1S/C23H23N3O3S/c1-26-18-13-21(29-3)20(28-2)12-16(18)11-19(26)23(27)24-10-9-22-25-17(14-30-22)15-7-5-4-6-8-15/h4-8,11-14H,9-10H2,1-3H3,(H,24,27). The van der Waals surface area contributed by atoms with Crippen molar-refractivity contribution in [2.24, 2.45) is 7.05 Å². The number of hydrogen-bond donors (Lipinski definition) is 1. The molecule has 0 atom stereocenters. The summed E-state index contributed by atoms with van der Waals surface area (Å²) in [5.74, 6) is 1.16. The fourth-order valence-electron chi connectivity index (χ4n) is 3.42. The smallest absolute Gasteiger partial charge is 0.267 e. The lowest BCUT2D eigenvalue weighted by Gasteiger charge is -2.08. The van der Waals surface area contributed by atoms with Crippen molar-refractivity contribution in [2.45, 2.75) is 6.42 Å². The molecule has 4 rings (SSSR count). The fraction of sp³-hybridized carbons (Fsp3) is 0.217. The third kappa shape index (κ3) is 3.89. The average molecular weight is 422 g/mol. The van der Waals surface area contributed by atoms with Gasteiger partial charge in [0, 0.05) is 42.4 Å². The Hall–Kier alpha value is -3.32. The van der Waals surface area contributed by atoms with Crippen molar-refractivity contribution >= 4 is 28.1 Å². The number of methoxy groups -OCH3 is 2. The molecule has 154 valence electrons. The number of ether oxygens (including phenoxy) is 2.